The van der Waals surface area contributed by atoms with E-state index in [4.69, 9.17) is 8.83 Å². The third-order valence-corrected chi connectivity index (χ3v) is 8.66. The first kappa shape index (κ1) is 24.7. The van der Waals surface area contributed by atoms with Crippen LogP contribution >= 0.6 is 0 Å². The van der Waals surface area contributed by atoms with Gasteiger partial charge < -0.3 is 8.83 Å². The maximum absolute atomic E-state index is 6.28. The lowest BCUT2D eigenvalue weighted by Crippen LogP contribution is -1.91. The van der Waals surface area contributed by atoms with Crippen LogP contribution in [0.5, 0.6) is 0 Å². The summed E-state index contributed by atoms with van der Waals surface area (Å²) in [5.74, 6) is 1.47. The Kier molecular flexibility index (Phi) is 5.54. The van der Waals surface area contributed by atoms with Crippen LogP contribution in [0, 0.1) is 0 Å². The summed E-state index contributed by atoms with van der Waals surface area (Å²) in [6.45, 7) is 0. The molecule has 206 valence electrons. The van der Waals surface area contributed by atoms with Crippen LogP contribution in [-0.4, -0.2) is 0 Å². The van der Waals surface area contributed by atoms with Gasteiger partial charge in [-0.1, -0.05) is 121 Å². The van der Waals surface area contributed by atoms with Gasteiger partial charge in [-0.15, -0.1) is 0 Å². The number of fused-ring (bicyclic) bond motifs is 4. The summed E-state index contributed by atoms with van der Waals surface area (Å²) in [4.78, 5) is 0. The molecule has 2 heteroatoms. The van der Waals surface area contributed by atoms with E-state index in [1.807, 2.05) is 24.3 Å². The molecule has 0 N–H and O–H groups in total. The van der Waals surface area contributed by atoms with Crippen molar-refractivity contribution in [1.82, 2.24) is 0 Å². The van der Waals surface area contributed by atoms with Crippen LogP contribution in [0.3, 0.4) is 0 Å². The minimum atomic E-state index is 0.733. The lowest BCUT2D eigenvalue weighted by atomic mass is 9.85. The zero-order valence-corrected chi connectivity index (χ0v) is 23.8. The van der Waals surface area contributed by atoms with Gasteiger partial charge in [-0.05, 0) is 91.3 Å². The molecule has 0 fully saturated rings. The summed E-state index contributed by atoms with van der Waals surface area (Å²) in [5.41, 5.74) is 8.99. The van der Waals surface area contributed by atoms with E-state index >= 15 is 0 Å². The first-order valence-electron chi connectivity index (χ1n) is 14.9. The van der Waals surface area contributed by atoms with E-state index in [1.165, 1.54) is 49.4 Å². The van der Waals surface area contributed by atoms with Crippen LogP contribution < -0.4 is 0 Å². The molecule has 7 aromatic carbocycles. The standard InChI is InChI=1S/C42H26O2/c1-2-11-27(12-3-1)28-14-10-15-30(23-28)41-33-16-5-7-18-35(33)42(36-19-8-6-17-34(36)41)31-21-22-38-32(24-31)26-40(44-38)39-25-29-13-4-9-20-37(29)43-39/h1-26H. The number of furan rings is 2. The highest BCUT2D eigenvalue weighted by atomic mass is 16.4. The predicted octanol–water partition coefficient (Wildman–Crippen LogP) is 12.2. The fraction of sp³-hybridized carbons (Fsp3) is 0. The SMILES string of the molecule is c1ccc(-c2cccc(-c3c4ccccc4c(-c4ccc5oc(-c6cc7ccccc7o6)cc5c4)c4ccccc34)c2)cc1. The van der Waals surface area contributed by atoms with Crippen molar-refractivity contribution in [2.24, 2.45) is 0 Å². The Balaban J connectivity index is 1.25. The molecule has 0 unspecified atom stereocenters. The van der Waals surface area contributed by atoms with Crippen molar-refractivity contribution < 1.29 is 8.83 Å². The summed E-state index contributed by atoms with van der Waals surface area (Å²) in [5, 5.41) is 7.04. The molecular weight excluding hydrogens is 536 g/mol. The number of hydrogen-bond donors (Lipinski definition) is 0. The number of benzene rings is 7. The van der Waals surface area contributed by atoms with Crippen LogP contribution in [0.15, 0.2) is 167 Å². The highest BCUT2D eigenvalue weighted by Gasteiger charge is 2.18. The molecule has 0 spiro atoms. The molecule has 0 bridgehead atoms. The Hall–Kier alpha value is -5.86. The van der Waals surface area contributed by atoms with Gasteiger partial charge >= 0.3 is 0 Å². The maximum atomic E-state index is 6.28. The van der Waals surface area contributed by atoms with Crippen molar-refractivity contribution in [3.8, 4) is 44.9 Å². The largest absolute Gasteiger partial charge is 0.453 e. The number of para-hydroxylation sites is 1. The van der Waals surface area contributed by atoms with Crippen LogP contribution in [0.1, 0.15) is 0 Å². The van der Waals surface area contributed by atoms with Gasteiger partial charge in [0.15, 0.2) is 11.5 Å². The molecule has 0 amide bonds. The van der Waals surface area contributed by atoms with Gasteiger partial charge in [0.1, 0.15) is 11.2 Å². The minimum Gasteiger partial charge on any atom is -0.453 e. The van der Waals surface area contributed by atoms with E-state index in [0.29, 0.717) is 0 Å². The summed E-state index contributed by atoms with van der Waals surface area (Å²) >= 11 is 0. The van der Waals surface area contributed by atoms with Crippen molar-refractivity contribution in [2.75, 3.05) is 0 Å². The lowest BCUT2D eigenvalue weighted by Gasteiger charge is -2.18. The molecule has 0 aliphatic rings. The van der Waals surface area contributed by atoms with Gasteiger partial charge in [-0.2, -0.15) is 0 Å². The van der Waals surface area contributed by atoms with Crippen LogP contribution in [0.25, 0.3) is 88.4 Å². The Morgan fingerprint density at radius 1 is 0.295 bits per heavy atom. The molecular formula is C42H26O2. The second-order valence-corrected chi connectivity index (χ2v) is 11.3. The molecule has 0 aliphatic carbocycles. The van der Waals surface area contributed by atoms with Crippen molar-refractivity contribution in [3.63, 3.8) is 0 Å². The van der Waals surface area contributed by atoms with Crippen LogP contribution in [0.2, 0.25) is 0 Å². The summed E-state index contributed by atoms with van der Waals surface area (Å²) in [6, 6.07) is 55.8. The van der Waals surface area contributed by atoms with Gasteiger partial charge in [-0.25, -0.2) is 0 Å². The third-order valence-electron chi connectivity index (χ3n) is 8.66. The van der Waals surface area contributed by atoms with E-state index in [1.54, 1.807) is 0 Å². The highest BCUT2D eigenvalue weighted by Crippen LogP contribution is 2.45. The topological polar surface area (TPSA) is 26.3 Å². The predicted molar refractivity (Wildman–Crippen MR) is 183 cm³/mol. The van der Waals surface area contributed by atoms with Gasteiger partial charge in [0.25, 0.3) is 0 Å². The maximum Gasteiger partial charge on any atom is 0.170 e. The summed E-state index contributed by atoms with van der Waals surface area (Å²) < 4.78 is 12.4. The van der Waals surface area contributed by atoms with Crippen LogP contribution in [-0.2, 0) is 0 Å². The molecule has 2 heterocycles. The average molecular weight is 563 g/mol. The average Bonchev–Trinajstić information content (AvgIpc) is 3.72. The zero-order valence-electron chi connectivity index (χ0n) is 23.8. The van der Waals surface area contributed by atoms with Gasteiger partial charge in [0, 0.05) is 10.8 Å². The zero-order chi connectivity index (χ0) is 29.0. The molecule has 0 saturated carbocycles. The van der Waals surface area contributed by atoms with E-state index in [0.717, 1.165) is 39.0 Å². The van der Waals surface area contributed by atoms with E-state index in [9.17, 15) is 0 Å². The van der Waals surface area contributed by atoms with Crippen LogP contribution in [0.4, 0.5) is 0 Å². The first-order valence-corrected chi connectivity index (χ1v) is 14.9. The molecule has 9 aromatic rings. The van der Waals surface area contributed by atoms with E-state index in [-0.39, 0.29) is 0 Å². The summed E-state index contributed by atoms with van der Waals surface area (Å²) in [6.07, 6.45) is 0. The normalized spacial score (nSPS) is 11.6. The minimum absolute atomic E-state index is 0.733. The third kappa shape index (κ3) is 3.96. The Morgan fingerprint density at radius 2 is 0.795 bits per heavy atom. The molecule has 9 rings (SSSR count). The Bertz CT molecular complexity index is 2400. The fourth-order valence-electron chi connectivity index (χ4n) is 6.66. The molecule has 0 saturated heterocycles. The Labute approximate surface area is 254 Å². The van der Waals surface area contributed by atoms with E-state index in [2.05, 4.69) is 133 Å². The molecule has 0 radical (unpaired) electrons. The molecule has 2 aromatic heterocycles. The van der Waals surface area contributed by atoms with Gasteiger partial charge in [0.2, 0.25) is 0 Å². The second-order valence-electron chi connectivity index (χ2n) is 11.3. The smallest absolute Gasteiger partial charge is 0.170 e. The quantitative estimate of drug-likeness (QED) is 0.199. The van der Waals surface area contributed by atoms with Crippen molar-refractivity contribution in [1.29, 1.82) is 0 Å². The van der Waals surface area contributed by atoms with E-state index < -0.39 is 0 Å². The van der Waals surface area contributed by atoms with Crippen molar-refractivity contribution >= 4 is 43.5 Å². The molecule has 44 heavy (non-hydrogen) atoms. The number of rotatable bonds is 4. The lowest BCUT2D eigenvalue weighted by molar-refractivity contribution is 0.569. The summed E-state index contributed by atoms with van der Waals surface area (Å²) in [7, 11) is 0. The molecule has 0 atom stereocenters. The van der Waals surface area contributed by atoms with Crippen molar-refractivity contribution in [3.05, 3.63) is 158 Å². The first-order chi connectivity index (χ1) is 21.8. The second kappa shape index (κ2) is 9.86. The molecule has 2 nitrogen and oxygen atoms in total. The Morgan fingerprint density at radius 3 is 1.45 bits per heavy atom. The van der Waals surface area contributed by atoms with Crippen molar-refractivity contribution in [2.45, 2.75) is 0 Å². The van der Waals surface area contributed by atoms with Gasteiger partial charge in [-0.3, -0.25) is 0 Å². The molecule has 0 aliphatic heterocycles. The fourth-order valence-corrected chi connectivity index (χ4v) is 6.66. The van der Waals surface area contributed by atoms with Gasteiger partial charge in [0.05, 0.1) is 0 Å². The monoisotopic (exact) mass is 562 g/mol. The number of hydrogen-bond acceptors (Lipinski definition) is 2. The highest BCUT2D eigenvalue weighted by molar-refractivity contribution is 6.21.